The maximum absolute atomic E-state index is 6.34. The van der Waals surface area contributed by atoms with Crippen LogP contribution in [0.4, 0.5) is 5.82 Å². The highest BCUT2D eigenvalue weighted by atomic mass is 35.5. The van der Waals surface area contributed by atoms with E-state index >= 15 is 0 Å². The van der Waals surface area contributed by atoms with Gasteiger partial charge in [-0.1, -0.05) is 38.3 Å². The number of aromatic nitrogens is 1. The van der Waals surface area contributed by atoms with Crippen molar-refractivity contribution in [3.8, 4) is 12.3 Å². The Kier molecular flexibility index (Phi) is 7.43. The van der Waals surface area contributed by atoms with Crippen molar-refractivity contribution in [3.05, 3.63) is 22.8 Å². The second-order valence-electron chi connectivity index (χ2n) is 5.30. The van der Waals surface area contributed by atoms with E-state index in [1.165, 1.54) is 0 Å². The average molecular weight is 294 g/mol. The fourth-order valence-electron chi connectivity index (χ4n) is 1.94. The van der Waals surface area contributed by atoms with Crippen molar-refractivity contribution in [1.29, 1.82) is 0 Å². The van der Waals surface area contributed by atoms with E-state index in [1.807, 2.05) is 17.2 Å². The van der Waals surface area contributed by atoms with E-state index in [2.05, 4.69) is 37.0 Å². The average Bonchev–Trinajstić information content (AvgIpc) is 2.38. The summed E-state index contributed by atoms with van der Waals surface area (Å²) in [5.74, 6) is 4.06. The predicted octanol–water partition coefficient (Wildman–Crippen LogP) is 3.33. The zero-order valence-corrected chi connectivity index (χ0v) is 13.4. The number of rotatable bonds is 8. The van der Waals surface area contributed by atoms with Gasteiger partial charge in [0.05, 0.1) is 11.6 Å². The van der Waals surface area contributed by atoms with Gasteiger partial charge in [-0.05, 0) is 30.5 Å². The third-order valence-corrected chi connectivity index (χ3v) is 3.11. The smallest absolute Gasteiger partial charge is 0.148 e. The first-order valence-electron chi connectivity index (χ1n) is 7.12. The Hall–Kier alpha value is -1.24. The zero-order valence-electron chi connectivity index (χ0n) is 12.6. The SMILES string of the molecule is C#CCN(CCC)c1ncc(CNCC(C)C)cc1Cl. The molecule has 0 aliphatic rings. The maximum Gasteiger partial charge on any atom is 0.148 e. The third kappa shape index (κ3) is 5.40. The highest BCUT2D eigenvalue weighted by molar-refractivity contribution is 6.33. The molecule has 0 saturated carbocycles. The summed E-state index contributed by atoms with van der Waals surface area (Å²) in [5, 5.41) is 4.05. The Bertz CT molecular complexity index is 452. The van der Waals surface area contributed by atoms with Crippen molar-refractivity contribution >= 4 is 17.4 Å². The summed E-state index contributed by atoms with van der Waals surface area (Å²) in [6, 6.07) is 1.97. The summed E-state index contributed by atoms with van der Waals surface area (Å²) in [6.45, 7) is 9.65. The molecule has 0 aliphatic carbocycles. The topological polar surface area (TPSA) is 28.2 Å². The van der Waals surface area contributed by atoms with Gasteiger partial charge in [-0.3, -0.25) is 0 Å². The minimum Gasteiger partial charge on any atom is -0.344 e. The van der Waals surface area contributed by atoms with Crippen LogP contribution in [0.2, 0.25) is 5.02 Å². The van der Waals surface area contributed by atoms with E-state index in [9.17, 15) is 0 Å². The number of hydrogen-bond acceptors (Lipinski definition) is 3. The molecule has 3 nitrogen and oxygen atoms in total. The second kappa shape index (κ2) is 8.84. The van der Waals surface area contributed by atoms with Crippen molar-refractivity contribution in [1.82, 2.24) is 10.3 Å². The molecule has 1 aromatic rings. The molecule has 0 spiro atoms. The monoisotopic (exact) mass is 293 g/mol. The van der Waals surface area contributed by atoms with E-state index in [-0.39, 0.29) is 0 Å². The van der Waals surface area contributed by atoms with Gasteiger partial charge >= 0.3 is 0 Å². The minimum absolute atomic E-state index is 0.533. The Morgan fingerprint density at radius 3 is 2.80 bits per heavy atom. The number of nitrogens with one attached hydrogen (secondary N) is 1. The molecule has 0 amide bonds. The summed E-state index contributed by atoms with van der Waals surface area (Å²) in [4.78, 5) is 6.51. The predicted molar refractivity (Wildman–Crippen MR) is 87.1 cm³/mol. The molecule has 0 bridgehead atoms. The molecule has 20 heavy (non-hydrogen) atoms. The number of terminal acetylenes is 1. The number of hydrogen-bond donors (Lipinski definition) is 1. The summed E-state index contributed by atoms with van der Waals surface area (Å²) >= 11 is 6.34. The van der Waals surface area contributed by atoms with Crippen molar-refractivity contribution < 1.29 is 0 Å². The molecule has 0 aliphatic heterocycles. The summed E-state index contributed by atoms with van der Waals surface area (Å²) in [5.41, 5.74) is 1.09. The van der Waals surface area contributed by atoms with Crippen LogP contribution in [-0.2, 0) is 6.54 Å². The Labute approximate surface area is 127 Å². The van der Waals surface area contributed by atoms with Crippen molar-refractivity contribution in [2.45, 2.75) is 33.7 Å². The minimum atomic E-state index is 0.533. The van der Waals surface area contributed by atoms with E-state index in [0.717, 1.165) is 37.4 Å². The molecule has 110 valence electrons. The van der Waals surface area contributed by atoms with Gasteiger partial charge in [0, 0.05) is 19.3 Å². The van der Waals surface area contributed by atoms with Gasteiger partial charge in [-0.25, -0.2) is 4.98 Å². The second-order valence-corrected chi connectivity index (χ2v) is 5.71. The molecule has 1 aromatic heterocycles. The van der Waals surface area contributed by atoms with Crippen LogP contribution in [0.25, 0.3) is 0 Å². The highest BCUT2D eigenvalue weighted by Gasteiger charge is 2.11. The van der Waals surface area contributed by atoms with Gasteiger partial charge < -0.3 is 10.2 Å². The van der Waals surface area contributed by atoms with Crippen LogP contribution in [0, 0.1) is 18.3 Å². The first-order chi connectivity index (χ1) is 9.58. The lowest BCUT2D eigenvalue weighted by Crippen LogP contribution is -2.26. The molecule has 0 aromatic carbocycles. The summed E-state index contributed by atoms with van der Waals surface area (Å²) in [7, 11) is 0. The highest BCUT2D eigenvalue weighted by Crippen LogP contribution is 2.24. The van der Waals surface area contributed by atoms with E-state index in [0.29, 0.717) is 17.5 Å². The number of anilines is 1. The van der Waals surface area contributed by atoms with Gasteiger partial charge in [0.1, 0.15) is 5.82 Å². The van der Waals surface area contributed by atoms with Gasteiger partial charge in [-0.15, -0.1) is 6.42 Å². The molecule has 0 fully saturated rings. The van der Waals surface area contributed by atoms with Crippen LogP contribution in [0.3, 0.4) is 0 Å². The van der Waals surface area contributed by atoms with E-state index in [1.54, 1.807) is 0 Å². The standard InChI is InChI=1S/C16H24ClN3/c1-5-7-20(8-6-2)16-15(17)9-14(12-19-16)11-18-10-13(3)4/h1,9,12-13,18H,6-8,10-11H2,2-4H3. The van der Waals surface area contributed by atoms with Crippen LogP contribution in [0.5, 0.6) is 0 Å². The molecule has 4 heteroatoms. The van der Waals surface area contributed by atoms with E-state index in [4.69, 9.17) is 18.0 Å². The van der Waals surface area contributed by atoms with Crippen LogP contribution < -0.4 is 10.2 Å². The first kappa shape index (κ1) is 16.8. The number of halogens is 1. The largest absolute Gasteiger partial charge is 0.344 e. The van der Waals surface area contributed by atoms with Gasteiger partial charge in [0.15, 0.2) is 0 Å². The zero-order chi connectivity index (χ0) is 15.0. The molecule has 0 saturated heterocycles. The Morgan fingerprint density at radius 2 is 2.25 bits per heavy atom. The van der Waals surface area contributed by atoms with E-state index < -0.39 is 0 Å². The lowest BCUT2D eigenvalue weighted by atomic mass is 10.2. The molecule has 0 atom stereocenters. The normalized spacial score (nSPS) is 10.6. The molecule has 1 N–H and O–H groups in total. The lowest BCUT2D eigenvalue weighted by molar-refractivity contribution is 0.552. The molecular weight excluding hydrogens is 270 g/mol. The van der Waals surface area contributed by atoms with Gasteiger partial charge in [0.25, 0.3) is 0 Å². The van der Waals surface area contributed by atoms with Gasteiger partial charge in [0.2, 0.25) is 0 Å². The molecule has 1 rings (SSSR count). The Morgan fingerprint density at radius 1 is 1.50 bits per heavy atom. The Balaban J connectivity index is 2.73. The number of pyridine rings is 1. The molecular formula is C16H24ClN3. The molecule has 1 heterocycles. The summed E-state index contributed by atoms with van der Waals surface area (Å²) in [6.07, 6.45) is 8.28. The van der Waals surface area contributed by atoms with Gasteiger partial charge in [-0.2, -0.15) is 0 Å². The molecule has 0 radical (unpaired) electrons. The fourth-order valence-corrected chi connectivity index (χ4v) is 2.25. The van der Waals surface area contributed by atoms with Crippen molar-refractivity contribution in [2.75, 3.05) is 24.5 Å². The lowest BCUT2D eigenvalue weighted by Gasteiger charge is -2.22. The summed E-state index contributed by atoms with van der Waals surface area (Å²) < 4.78 is 0. The number of nitrogens with zero attached hydrogens (tertiary/aromatic N) is 2. The molecule has 0 unspecified atom stereocenters. The fraction of sp³-hybridized carbons (Fsp3) is 0.562. The maximum atomic E-state index is 6.34. The first-order valence-corrected chi connectivity index (χ1v) is 7.49. The third-order valence-electron chi connectivity index (χ3n) is 2.84. The quantitative estimate of drug-likeness (QED) is 0.745. The van der Waals surface area contributed by atoms with Crippen LogP contribution >= 0.6 is 11.6 Å². The van der Waals surface area contributed by atoms with Crippen LogP contribution in [0.1, 0.15) is 32.8 Å². The van der Waals surface area contributed by atoms with Crippen molar-refractivity contribution in [2.24, 2.45) is 5.92 Å². The van der Waals surface area contributed by atoms with Crippen molar-refractivity contribution in [3.63, 3.8) is 0 Å². The van der Waals surface area contributed by atoms with Crippen LogP contribution in [-0.4, -0.2) is 24.6 Å². The van der Waals surface area contributed by atoms with Crippen LogP contribution in [0.15, 0.2) is 12.3 Å².